The van der Waals surface area contributed by atoms with Crippen LogP contribution in [0, 0.1) is 6.61 Å². The normalized spacial score (nSPS) is 10.9. The third-order valence-corrected chi connectivity index (χ3v) is 2.91. The van der Waals surface area contributed by atoms with E-state index in [1.165, 1.54) is 64.2 Å². The minimum atomic E-state index is 0.926. The van der Waals surface area contributed by atoms with Crippen molar-refractivity contribution in [3.63, 3.8) is 0 Å². The molecule has 0 saturated heterocycles. The molecule has 0 aliphatic rings. The van der Waals surface area contributed by atoms with Crippen molar-refractivity contribution < 1.29 is 4.74 Å². The van der Waals surface area contributed by atoms with Gasteiger partial charge in [-0.3, -0.25) is 0 Å². The molecule has 0 spiro atoms. The molecule has 0 atom stereocenters. The smallest absolute Gasteiger partial charge is 0.0836 e. The molecule has 0 bridgehead atoms. The quantitative estimate of drug-likeness (QED) is 0.378. The van der Waals surface area contributed by atoms with Crippen molar-refractivity contribution in [2.75, 3.05) is 6.61 Å². The summed E-state index contributed by atoms with van der Waals surface area (Å²) >= 11 is 0. The van der Waals surface area contributed by atoms with E-state index in [9.17, 15) is 0 Å². The lowest BCUT2D eigenvalue weighted by atomic mass is 10.1. The number of hydrogen-bond donors (Lipinski definition) is 0. The molecule has 1 nitrogen and oxygen atoms in total. The standard InChI is InChI=1S/C15H31O/c1-3-5-7-9-10-11-13-15-16-14-12-8-6-4-2/h15H,3-14H2,1-2H3. The van der Waals surface area contributed by atoms with Gasteiger partial charge in [0.15, 0.2) is 0 Å². The summed E-state index contributed by atoms with van der Waals surface area (Å²) in [6, 6.07) is 0. The SMILES string of the molecule is CCCCCCCC[CH]OCCCCCC. The van der Waals surface area contributed by atoms with Crippen molar-refractivity contribution in [1.82, 2.24) is 0 Å². The zero-order valence-corrected chi connectivity index (χ0v) is 11.5. The van der Waals surface area contributed by atoms with Crippen molar-refractivity contribution in [2.24, 2.45) is 0 Å². The van der Waals surface area contributed by atoms with E-state index in [4.69, 9.17) is 4.74 Å². The van der Waals surface area contributed by atoms with Gasteiger partial charge in [-0.2, -0.15) is 0 Å². The first-order valence-electron chi connectivity index (χ1n) is 7.35. The highest BCUT2D eigenvalue weighted by Gasteiger charge is 1.92. The first-order valence-corrected chi connectivity index (χ1v) is 7.35. The molecule has 0 aromatic heterocycles. The molecule has 0 unspecified atom stereocenters. The fourth-order valence-electron chi connectivity index (χ4n) is 1.79. The second kappa shape index (κ2) is 15.0. The van der Waals surface area contributed by atoms with Gasteiger partial charge in [-0.05, 0) is 12.8 Å². The summed E-state index contributed by atoms with van der Waals surface area (Å²) in [6.45, 7) is 7.45. The Hall–Kier alpha value is -0.0400. The second-order valence-corrected chi connectivity index (χ2v) is 4.65. The summed E-state index contributed by atoms with van der Waals surface area (Å²) in [5.74, 6) is 0. The minimum absolute atomic E-state index is 0.926. The minimum Gasteiger partial charge on any atom is -0.376 e. The molecule has 0 fully saturated rings. The largest absolute Gasteiger partial charge is 0.376 e. The van der Waals surface area contributed by atoms with Crippen LogP contribution in [-0.4, -0.2) is 6.61 Å². The maximum absolute atomic E-state index is 5.48. The Morgan fingerprint density at radius 3 is 1.94 bits per heavy atom. The monoisotopic (exact) mass is 227 g/mol. The third-order valence-electron chi connectivity index (χ3n) is 2.91. The molecule has 0 rings (SSSR count). The Kier molecular flexibility index (Phi) is 14.9. The molecule has 0 amide bonds. The maximum Gasteiger partial charge on any atom is 0.0836 e. The molecule has 1 radical (unpaired) electrons. The van der Waals surface area contributed by atoms with E-state index in [1.54, 1.807) is 0 Å². The van der Waals surface area contributed by atoms with Crippen LogP contribution in [0.5, 0.6) is 0 Å². The van der Waals surface area contributed by atoms with Crippen LogP contribution in [0.3, 0.4) is 0 Å². The lowest BCUT2D eigenvalue weighted by Gasteiger charge is -2.03. The Morgan fingerprint density at radius 1 is 0.688 bits per heavy atom. The van der Waals surface area contributed by atoms with Gasteiger partial charge in [0.1, 0.15) is 0 Å². The van der Waals surface area contributed by atoms with Gasteiger partial charge < -0.3 is 4.74 Å². The number of hydrogen-bond acceptors (Lipinski definition) is 1. The number of ether oxygens (including phenoxy) is 1. The van der Waals surface area contributed by atoms with E-state index in [0.717, 1.165) is 13.0 Å². The maximum atomic E-state index is 5.48. The van der Waals surface area contributed by atoms with Crippen molar-refractivity contribution in [1.29, 1.82) is 0 Å². The van der Waals surface area contributed by atoms with Crippen molar-refractivity contribution in [2.45, 2.75) is 84.5 Å². The van der Waals surface area contributed by atoms with Crippen LogP contribution in [0.25, 0.3) is 0 Å². The highest BCUT2D eigenvalue weighted by atomic mass is 16.5. The molecule has 0 aromatic carbocycles. The van der Waals surface area contributed by atoms with Crippen molar-refractivity contribution in [3.8, 4) is 0 Å². The summed E-state index contributed by atoms with van der Waals surface area (Å²) in [7, 11) is 0. The first-order chi connectivity index (χ1) is 7.91. The van der Waals surface area contributed by atoms with Gasteiger partial charge in [0.2, 0.25) is 0 Å². The van der Waals surface area contributed by atoms with Crippen LogP contribution < -0.4 is 0 Å². The molecule has 97 valence electrons. The third kappa shape index (κ3) is 14.0. The lowest BCUT2D eigenvalue weighted by molar-refractivity contribution is 0.184. The fraction of sp³-hybridized carbons (Fsp3) is 0.933. The summed E-state index contributed by atoms with van der Waals surface area (Å²) in [5, 5.41) is 0. The highest BCUT2D eigenvalue weighted by Crippen LogP contribution is 2.08. The van der Waals surface area contributed by atoms with Gasteiger partial charge in [0.05, 0.1) is 6.61 Å². The predicted molar refractivity (Wildman–Crippen MR) is 72.4 cm³/mol. The van der Waals surface area contributed by atoms with E-state index in [0.29, 0.717) is 0 Å². The molecule has 0 aromatic rings. The molecule has 0 heterocycles. The van der Waals surface area contributed by atoms with Gasteiger partial charge in [0.25, 0.3) is 0 Å². The van der Waals surface area contributed by atoms with Gasteiger partial charge in [-0.25, -0.2) is 0 Å². The highest BCUT2D eigenvalue weighted by molar-refractivity contribution is 4.53. The Labute approximate surface area is 103 Å². The molecular weight excluding hydrogens is 196 g/mol. The van der Waals surface area contributed by atoms with Crippen LogP contribution in [-0.2, 0) is 4.74 Å². The van der Waals surface area contributed by atoms with Crippen molar-refractivity contribution >= 4 is 0 Å². The average molecular weight is 227 g/mol. The van der Waals surface area contributed by atoms with E-state index in [2.05, 4.69) is 13.8 Å². The summed E-state index contributed by atoms with van der Waals surface area (Å²) in [6.07, 6.45) is 14.6. The summed E-state index contributed by atoms with van der Waals surface area (Å²) < 4.78 is 5.48. The molecule has 0 N–H and O–H groups in total. The van der Waals surface area contributed by atoms with E-state index >= 15 is 0 Å². The van der Waals surface area contributed by atoms with Gasteiger partial charge >= 0.3 is 0 Å². The predicted octanol–water partition coefficient (Wildman–Crippen LogP) is 5.50. The average Bonchev–Trinajstić information content (AvgIpc) is 2.31. The van der Waals surface area contributed by atoms with Gasteiger partial charge in [-0.1, -0.05) is 71.6 Å². The van der Waals surface area contributed by atoms with Gasteiger partial charge in [-0.15, -0.1) is 0 Å². The van der Waals surface area contributed by atoms with E-state index in [1.807, 2.05) is 6.61 Å². The number of rotatable bonds is 13. The molecular formula is C15H31O. The molecule has 0 aliphatic carbocycles. The molecule has 0 saturated carbocycles. The van der Waals surface area contributed by atoms with Crippen LogP contribution >= 0.6 is 0 Å². The fourth-order valence-corrected chi connectivity index (χ4v) is 1.79. The Bertz CT molecular complexity index is 98.0. The van der Waals surface area contributed by atoms with E-state index < -0.39 is 0 Å². The molecule has 16 heavy (non-hydrogen) atoms. The topological polar surface area (TPSA) is 9.23 Å². The van der Waals surface area contributed by atoms with Crippen LogP contribution in [0.1, 0.15) is 84.5 Å². The number of unbranched alkanes of at least 4 members (excludes halogenated alkanes) is 9. The Balaban J connectivity index is 2.83. The summed E-state index contributed by atoms with van der Waals surface area (Å²) in [5.41, 5.74) is 0. The molecule has 1 heteroatoms. The van der Waals surface area contributed by atoms with Crippen LogP contribution in [0.4, 0.5) is 0 Å². The molecule has 0 aliphatic heterocycles. The van der Waals surface area contributed by atoms with Crippen molar-refractivity contribution in [3.05, 3.63) is 6.61 Å². The zero-order chi connectivity index (χ0) is 11.9. The van der Waals surface area contributed by atoms with Crippen LogP contribution in [0.15, 0.2) is 0 Å². The first kappa shape index (κ1) is 16.0. The zero-order valence-electron chi connectivity index (χ0n) is 11.5. The van der Waals surface area contributed by atoms with Gasteiger partial charge in [0, 0.05) is 6.61 Å². The summed E-state index contributed by atoms with van der Waals surface area (Å²) in [4.78, 5) is 0. The second-order valence-electron chi connectivity index (χ2n) is 4.65. The van der Waals surface area contributed by atoms with E-state index in [-0.39, 0.29) is 0 Å². The Morgan fingerprint density at radius 2 is 1.25 bits per heavy atom. The van der Waals surface area contributed by atoms with Crippen LogP contribution in [0.2, 0.25) is 0 Å². The lowest BCUT2D eigenvalue weighted by Crippen LogP contribution is -1.92.